The summed E-state index contributed by atoms with van der Waals surface area (Å²) in [6, 6.07) is 20.6. The van der Waals surface area contributed by atoms with Crippen LogP contribution in [-0.2, 0) is 6.42 Å². The number of rotatable bonds is 5. The number of nitrogens with zero attached hydrogens (tertiary/aromatic N) is 2. The van der Waals surface area contributed by atoms with E-state index in [-0.39, 0.29) is 0 Å². The second-order valence-electron chi connectivity index (χ2n) is 5.71. The molecule has 0 aliphatic rings. The molecule has 2 aromatic carbocycles. The molecule has 0 bridgehead atoms. The summed E-state index contributed by atoms with van der Waals surface area (Å²) >= 11 is 0. The number of aryl methyl sites for hydroxylation is 2. The van der Waals surface area contributed by atoms with Gasteiger partial charge in [-0.15, -0.1) is 0 Å². The quantitative estimate of drug-likeness (QED) is 0.601. The lowest BCUT2D eigenvalue weighted by Crippen LogP contribution is -2.01. The Morgan fingerprint density at radius 1 is 0.958 bits per heavy atom. The van der Waals surface area contributed by atoms with Crippen molar-refractivity contribution < 1.29 is 4.74 Å². The predicted octanol–water partition coefficient (Wildman–Crippen LogP) is 5.11. The van der Waals surface area contributed by atoms with Crippen LogP contribution < -0.4 is 4.74 Å². The first kappa shape index (κ1) is 16.1. The normalized spacial score (nSPS) is 11.1. The fourth-order valence-electron chi connectivity index (χ4n) is 2.70. The number of hydrogen-bond donors (Lipinski definition) is 0. The molecule has 122 valence electrons. The zero-order valence-electron chi connectivity index (χ0n) is 14.4. The molecule has 0 saturated carbocycles. The van der Waals surface area contributed by atoms with E-state index in [0.717, 1.165) is 29.2 Å². The van der Waals surface area contributed by atoms with E-state index in [2.05, 4.69) is 71.9 Å². The third-order valence-corrected chi connectivity index (χ3v) is 4.13. The third kappa shape index (κ3) is 3.40. The SMILES string of the molecule is CCc1ccc(N=Cc2ccc(C)n2-c2ccc(OC)cc2)cc1. The second kappa shape index (κ2) is 7.18. The molecule has 0 saturated heterocycles. The van der Waals surface area contributed by atoms with Crippen molar-refractivity contribution in [3.8, 4) is 11.4 Å². The summed E-state index contributed by atoms with van der Waals surface area (Å²) in [6.45, 7) is 4.25. The number of aliphatic imine (C=N–C) groups is 1. The van der Waals surface area contributed by atoms with Crippen molar-refractivity contribution in [2.75, 3.05) is 7.11 Å². The van der Waals surface area contributed by atoms with Crippen molar-refractivity contribution >= 4 is 11.9 Å². The number of methoxy groups -OCH3 is 1. The van der Waals surface area contributed by atoms with E-state index >= 15 is 0 Å². The predicted molar refractivity (Wildman–Crippen MR) is 100 cm³/mol. The first-order chi connectivity index (χ1) is 11.7. The summed E-state index contributed by atoms with van der Waals surface area (Å²) in [5.74, 6) is 0.856. The Morgan fingerprint density at radius 3 is 2.29 bits per heavy atom. The Hall–Kier alpha value is -2.81. The molecule has 1 aromatic heterocycles. The molecule has 0 atom stereocenters. The summed E-state index contributed by atoms with van der Waals surface area (Å²) in [7, 11) is 1.68. The maximum atomic E-state index is 5.24. The molecule has 0 radical (unpaired) electrons. The molecule has 24 heavy (non-hydrogen) atoms. The summed E-state index contributed by atoms with van der Waals surface area (Å²) in [5.41, 5.74) is 5.61. The van der Waals surface area contributed by atoms with Crippen LogP contribution in [0.25, 0.3) is 5.69 Å². The molecule has 0 fully saturated rings. The molecular weight excluding hydrogens is 296 g/mol. The number of ether oxygens (including phenoxy) is 1. The van der Waals surface area contributed by atoms with E-state index < -0.39 is 0 Å². The minimum atomic E-state index is 0.856. The minimum absolute atomic E-state index is 0.856. The minimum Gasteiger partial charge on any atom is -0.497 e. The first-order valence-corrected chi connectivity index (χ1v) is 8.17. The Kier molecular flexibility index (Phi) is 4.80. The average molecular weight is 318 g/mol. The Morgan fingerprint density at radius 2 is 1.67 bits per heavy atom. The molecule has 3 aromatic rings. The highest BCUT2D eigenvalue weighted by molar-refractivity contribution is 5.81. The number of benzene rings is 2. The topological polar surface area (TPSA) is 26.5 Å². The largest absolute Gasteiger partial charge is 0.497 e. The van der Waals surface area contributed by atoms with E-state index in [0.29, 0.717) is 0 Å². The summed E-state index contributed by atoms with van der Waals surface area (Å²) in [4.78, 5) is 4.61. The Bertz CT molecular complexity index is 827. The van der Waals surface area contributed by atoms with Gasteiger partial charge < -0.3 is 9.30 Å². The molecule has 3 heteroatoms. The summed E-state index contributed by atoms with van der Waals surface area (Å²) in [5, 5.41) is 0. The van der Waals surface area contributed by atoms with Gasteiger partial charge in [-0.3, -0.25) is 4.99 Å². The fraction of sp³-hybridized carbons (Fsp3) is 0.190. The van der Waals surface area contributed by atoms with Gasteiger partial charge >= 0.3 is 0 Å². The number of hydrogen-bond acceptors (Lipinski definition) is 2. The molecule has 0 aliphatic heterocycles. The van der Waals surface area contributed by atoms with Crippen molar-refractivity contribution in [1.29, 1.82) is 0 Å². The van der Waals surface area contributed by atoms with Gasteiger partial charge in [-0.1, -0.05) is 19.1 Å². The van der Waals surface area contributed by atoms with Crippen LogP contribution in [0.2, 0.25) is 0 Å². The van der Waals surface area contributed by atoms with Gasteiger partial charge in [0, 0.05) is 11.4 Å². The highest BCUT2D eigenvalue weighted by Crippen LogP contribution is 2.20. The van der Waals surface area contributed by atoms with Crippen molar-refractivity contribution in [3.05, 3.63) is 77.6 Å². The second-order valence-corrected chi connectivity index (χ2v) is 5.71. The van der Waals surface area contributed by atoms with E-state index in [9.17, 15) is 0 Å². The maximum Gasteiger partial charge on any atom is 0.119 e. The van der Waals surface area contributed by atoms with Gasteiger partial charge in [0.1, 0.15) is 5.75 Å². The molecular formula is C21H22N2O. The molecule has 0 spiro atoms. The van der Waals surface area contributed by atoms with Gasteiger partial charge in [-0.25, -0.2) is 0 Å². The zero-order chi connectivity index (χ0) is 16.9. The van der Waals surface area contributed by atoms with Crippen LogP contribution in [0.5, 0.6) is 5.75 Å². The van der Waals surface area contributed by atoms with Crippen LogP contribution in [0, 0.1) is 6.92 Å². The fourth-order valence-corrected chi connectivity index (χ4v) is 2.70. The average Bonchev–Trinajstić information content (AvgIpc) is 3.01. The van der Waals surface area contributed by atoms with Gasteiger partial charge in [-0.05, 0) is 67.4 Å². The van der Waals surface area contributed by atoms with Gasteiger partial charge in [0.05, 0.1) is 24.7 Å². The highest BCUT2D eigenvalue weighted by Gasteiger charge is 2.06. The standard InChI is InChI=1S/C21H22N2O/c1-4-17-6-8-18(9-7-17)22-15-20-10-5-16(2)23(20)19-11-13-21(24-3)14-12-19/h5-15H,4H2,1-3H3. The van der Waals surface area contributed by atoms with Crippen LogP contribution in [0.1, 0.15) is 23.9 Å². The zero-order valence-corrected chi connectivity index (χ0v) is 14.4. The third-order valence-electron chi connectivity index (χ3n) is 4.13. The van der Waals surface area contributed by atoms with Crippen LogP contribution in [0.4, 0.5) is 5.69 Å². The lowest BCUT2D eigenvalue weighted by Gasteiger charge is -2.10. The smallest absolute Gasteiger partial charge is 0.119 e. The molecule has 0 amide bonds. The van der Waals surface area contributed by atoms with Crippen molar-refractivity contribution in [2.24, 2.45) is 4.99 Å². The van der Waals surface area contributed by atoms with Crippen LogP contribution in [0.3, 0.4) is 0 Å². The van der Waals surface area contributed by atoms with Crippen LogP contribution >= 0.6 is 0 Å². The van der Waals surface area contributed by atoms with Gasteiger partial charge in [0.15, 0.2) is 0 Å². The van der Waals surface area contributed by atoms with Crippen molar-refractivity contribution in [2.45, 2.75) is 20.3 Å². The molecule has 0 unspecified atom stereocenters. The van der Waals surface area contributed by atoms with E-state index in [1.54, 1.807) is 7.11 Å². The van der Waals surface area contributed by atoms with Gasteiger partial charge in [-0.2, -0.15) is 0 Å². The lowest BCUT2D eigenvalue weighted by atomic mass is 10.1. The van der Waals surface area contributed by atoms with Crippen molar-refractivity contribution in [3.63, 3.8) is 0 Å². The summed E-state index contributed by atoms with van der Waals surface area (Å²) < 4.78 is 7.42. The molecule has 3 rings (SSSR count). The number of aromatic nitrogens is 1. The van der Waals surface area contributed by atoms with E-state index in [1.165, 1.54) is 11.3 Å². The van der Waals surface area contributed by atoms with Crippen molar-refractivity contribution in [1.82, 2.24) is 4.57 Å². The first-order valence-electron chi connectivity index (χ1n) is 8.17. The Balaban J connectivity index is 1.89. The van der Waals surface area contributed by atoms with E-state index in [1.807, 2.05) is 18.3 Å². The lowest BCUT2D eigenvalue weighted by molar-refractivity contribution is 0.414. The molecule has 3 nitrogen and oxygen atoms in total. The Labute approximate surface area is 143 Å². The van der Waals surface area contributed by atoms with Gasteiger partial charge in [0.2, 0.25) is 0 Å². The summed E-state index contributed by atoms with van der Waals surface area (Å²) in [6.07, 6.45) is 2.96. The molecule has 0 aliphatic carbocycles. The molecule has 1 heterocycles. The van der Waals surface area contributed by atoms with Crippen LogP contribution in [0.15, 0.2) is 65.7 Å². The molecule has 0 N–H and O–H groups in total. The van der Waals surface area contributed by atoms with Gasteiger partial charge in [0.25, 0.3) is 0 Å². The maximum absolute atomic E-state index is 5.24. The highest BCUT2D eigenvalue weighted by atomic mass is 16.5. The van der Waals surface area contributed by atoms with E-state index in [4.69, 9.17) is 4.74 Å². The van der Waals surface area contributed by atoms with Crippen LogP contribution in [-0.4, -0.2) is 17.9 Å². The monoisotopic (exact) mass is 318 g/mol.